The van der Waals surface area contributed by atoms with E-state index < -0.39 is 0 Å². The number of benzene rings is 2. The predicted octanol–water partition coefficient (Wildman–Crippen LogP) is 3.46. The number of para-hydroxylation sites is 1. The van der Waals surface area contributed by atoms with Crippen LogP contribution in [-0.4, -0.2) is 35.1 Å². The van der Waals surface area contributed by atoms with Gasteiger partial charge in [-0.15, -0.1) is 0 Å². The second kappa shape index (κ2) is 9.81. The molecule has 1 fully saturated rings. The summed E-state index contributed by atoms with van der Waals surface area (Å²) < 4.78 is 0. The Morgan fingerprint density at radius 2 is 1.55 bits per heavy atom. The molecule has 0 aromatic heterocycles. The summed E-state index contributed by atoms with van der Waals surface area (Å²) in [6, 6.07) is 16.2. The van der Waals surface area contributed by atoms with Crippen molar-refractivity contribution in [1.29, 1.82) is 0 Å². The van der Waals surface area contributed by atoms with Crippen molar-refractivity contribution >= 4 is 29.3 Å². The van der Waals surface area contributed by atoms with Crippen LogP contribution in [0.25, 0.3) is 0 Å². The quantitative estimate of drug-likeness (QED) is 0.504. The van der Waals surface area contributed by atoms with Crippen LogP contribution in [0.2, 0.25) is 0 Å². The SMILES string of the molecule is CC(NC(=O)c1ccccc1NC(=O)CCN1C(=O)C2CC=CCC2C1=O)c1ccccc1. The fourth-order valence-electron chi connectivity index (χ4n) is 4.40. The van der Waals surface area contributed by atoms with Gasteiger partial charge < -0.3 is 10.6 Å². The molecule has 33 heavy (non-hydrogen) atoms. The molecule has 4 rings (SSSR count). The lowest BCUT2D eigenvalue weighted by Gasteiger charge is -2.17. The summed E-state index contributed by atoms with van der Waals surface area (Å²) in [6.45, 7) is 1.93. The van der Waals surface area contributed by atoms with Crippen LogP contribution in [0.1, 0.15) is 48.1 Å². The van der Waals surface area contributed by atoms with E-state index in [0.717, 1.165) is 5.56 Å². The highest BCUT2D eigenvalue weighted by atomic mass is 16.2. The minimum atomic E-state index is -0.361. The van der Waals surface area contributed by atoms with Crippen LogP contribution in [-0.2, 0) is 14.4 Å². The molecule has 0 bridgehead atoms. The molecule has 0 saturated carbocycles. The average Bonchev–Trinajstić information content (AvgIpc) is 3.08. The zero-order valence-electron chi connectivity index (χ0n) is 18.5. The molecule has 7 heteroatoms. The molecule has 1 aliphatic carbocycles. The van der Waals surface area contributed by atoms with Gasteiger partial charge >= 0.3 is 0 Å². The summed E-state index contributed by atoms with van der Waals surface area (Å²) in [5, 5.41) is 5.71. The fraction of sp³-hybridized carbons (Fsp3) is 0.308. The van der Waals surface area contributed by atoms with Crippen LogP contribution < -0.4 is 10.6 Å². The Hall–Kier alpha value is -3.74. The highest BCUT2D eigenvalue weighted by molar-refractivity contribution is 6.06. The Morgan fingerprint density at radius 1 is 0.939 bits per heavy atom. The van der Waals surface area contributed by atoms with Gasteiger partial charge in [0.1, 0.15) is 0 Å². The number of carbonyl (C=O) groups excluding carboxylic acids is 4. The van der Waals surface area contributed by atoms with Gasteiger partial charge in [-0.05, 0) is 37.5 Å². The van der Waals surface area contributed by atoms with Gasteiger partial charge in [0.25, 0.3) is 5.91 Å². The maximum Gasteiger partial charge on any atom is 0.253 e. The molecular weight excluding hydrogens is 418 g/mol. The Morgan fingerprint density at radius 3 is 2.21 bits per heavy atom. The number of fused-ring (bicyclic) bond motifs is 1. The third-order valence-electron chi connectivity index (χ3n) is 6.25. The van der Waals surface area contributed by atoms with Crippen molar-refractivity contribution in [2.75, 3.05) is 11.9 Å². The summed E-state index contributed by atoms with van der Waals surface area (Å²) in [6.07, 6.45) is 4.98. The molecular formula is C26H27N3O4. The van der Waals surface area contributed by atoms with Gasteiger partial charge in [0.2, 0.25) is 17.7 Å². The number of hydrogen-bond donors (Lipinski definition) is 2. The number of nitrogens with zero attached hydrogens (tertiary/aromatic N) is 1. The van der Waals surface area contributed by atoms with E-state index in [4.69, 9.17) is 0 Å². The second-order valence-electron chi connectivity index (χ2n) is 8.43. The number of imide groups is 1. The van der Waals surface area contributed by atoms with Gasteiger partial charge in [-0.1, -0.05) is 54.6 Å². The van der Waals surface area contributed by atoms with Crippen LogP contribution in [0.15, 0.2) is 66.7 Å². The Balaban J connectivity index is 1.36. The van der Waals surface area contributed by atoms with Gasteiger partial charge in [-0.3, -0.25) is 24.1 Å². The number of likely N-dealkylation sites (tertiary alicyclic amines) is 1. The predicted molar refractivity (Wildman–Crippen MR) is 124 cm³/mol. The summed E-state index contributed by atoms with van der Waals surface area (Å²) >= 11 is 0. The van der Waals surface area contributed by atoms with E-state index in [-0.39, 0.29) is 54.5 Å². The minimum absolute atomic E-state index is 0.0271. The Kier molecular flexibility index (Phi) is 6.68. The first-order chi connectivity index (χ1) is 16.0. The normalized spacial score (nSPS) is 20.3. The zero-order valence-corrected chi connectivity index (χ0v) is 18.5. The largest absolute Gasteiger partial charge is 0.345 e. The van der Waals surface area contributed by atoms with Crippen molar-refractivity contribution in [2.45, 2.75) is 32.2 Å². The van der Waals surface area contributed by atoms with E-state index in [9.17, 15) is 19.2 Å². The van der Waals surface area contributed by atoms with E-state index in [2.05, 4.69) is 10.6 Å². The van der Waals surface area contributed by atoms with Crippen LogP contribution >= 0.6 is 0 Å². The average molecular weight is 446 g/mol. The van der Waals surface area contributed by atoms with Crippen LogP contribution in [0.4, 0.5) is 5.69 Å². The van der Waals surface area contributed by atoms with Gasteiger partial charge in [-0.2, -0.15) is 0 Å². The molecule has 1 saturated heterocycles. The van der Waals surface area contributed by atoms with Gasteiger partial charge in [0, 0.05) is 13.0 Å². The number of anilines is 1. The van der Waals surface area contributed by atoms with Crippen molar-refractivity contribution in [3.05, 3.63) is 77.9 Å². The van der Waals surface area contributed by atoms with Gasteiger partial charge in [-0.25, -0.2) is 0 Å². The molecule has 4 amide bonds. The van der Waals surface area contributed by atoms with Crippen molar-refractivity contribution < 1.29 is 19.2 Å². The van der Waals surface area contributed by atoms with E-state index in [1.54, 1.807) is 24.3 Å². The molecule has 2 aliphatic rings. The van der Waals surface area contributed by atoms with Gasteiger partial charge in [0.15, 0.2) is 0 Å². The molecule has 3 unspecified atom stereocenters. The number of hydrogen-bond acceptors (Lipinski definition) is 4. The van der Waals surface area contributed by atoms with Crippen molar-refractivity contribution in [2.24, 2.45) is 11.8 Å². The van der Waals surface area contributed by atoms with Crippen molar-refractivity contribution in [1.82, 2.24) is 10.2 Å². The molecule has 0 radical (unpaired) electrons. The summed E-state index contributed by atoms with van der Waals surface area (Å²) in [5.41, 5.74) is 1.71. The highest BCUT2D eigenvalue weighted by Gasteiger charge is 2.46. The monoisotopic (exact) mass is 445 g/mol. The van der Waals surface area contributed by atoms with Gasteiger partial charge in [0.05, 0.1) is 29.1 Å². The fourth-order valence-corrected chi connectivity index (χ4v) is 4.40. The first-order valence-corrected chi connectivity index (χ1v) is 11.2. The zero-order chi connectivity index (χ0) is 23.4. The van der Waals surface area contributed by atoms with Crippen LogP contribution in [0.5, 0.6) is 0 Å². The number of allylic oxidation sites excluding steroid dienone is 2. The third-order valence-corrected chi connectivity index (χ3v) is 6.25. The molecule has 3 atom stereocenters. The Labute approximate surface area is 192 Å². The van der Waals surface area contributed by atoms with Crippen molar-refractivity contribution in [3.63, 3.8) is 0 Å². The van der Waals surface area contributed by atoms with Crippen LogP contribution in [0.3, 0.4) is 0 Å². The van der Waals surface area contributed by atoms with E-state index in [1.165, 1.54) is 4.90 Å². The lowest BCUT2D eigenvalue weighted by Crippen LogP contribution is -2.34. The minimum Gasteiger partial charge on any atom is -0.345 e. The topological polar surface area (TPSA) is 95.6 Å². The number of nitrogens with one attached hydrogen (secondary N) is 2. The summed E-state index contributed by atoms with van der Waals surface area (Å²) in [5.74, 6) is -1.67. The standard InChI is InChI=1S/C26H27N3O4/c1-17(18-9-3-2-4-10-18)27-24(31)21-13-7-8-14-22(21)28-23(30)15-16-29-25(32)19-11-5-6-12-20(19)26(29)33/h2-10,13-14,17,19-20H,11-12,15-16H2,1H3,(H,27,31)(H,28,30). The maximum atomic E-state index is 12.9. The third kappa shape index (κ3) is 4.87. The molecule has 170 valence electrons. The molecule has 1 heterocycles. The van der Waals surface area contributed by atoms with E-state index >= 15 is 0 Å². The maximum absolute atomic E-state index is 12.9. The first kappa shape index (κ1) is 22.5. The molecule has 2 N–H and O–H groups in total. The number of carbonyl (C=O) groups is 4. The molecule has 2 aromatic carbocycles. The molecule has 1 aliphatic heterocycles. The van der Waals surface area contributed by atoms with E-state index in [1.807, 2.05) is 49.4 Å². The van der Waals surface area contributed by atoms with E-state index in [0.29, 0.717) is 24.1 Å². The number of amides is 4. The smallest absolute Gasteiger partial charge is 0.253 e. The molecule has 0 spiro atoms. The second-order valence-corrected chi connectivity index (χ2v) is 8.43. The van der Waals surface area contributed by atoms with Crippen LogP contribution in [0, 0.1) is 11.8 Å². The molecule has 2 aromatic rings. The lowest BCUT2D eigenvalue weighted by molar-refractivity contribution is -0.140. The van der Waals surface area contributed by atoms with Crippen molar-refractivity contribution in [3.8, 4) is 0 Å². The summed E-state index contributed by atoms with van der Waals surface area (Å²) in [4.78, 5) is 51.8. The molecule has 7 nitrogen and oxygen atoms in total. The Bertz CT molecular complexity index is 1070. The first-order valence-electron chi connectivity index (χ1n) is 11.2. The lowest BCUT2D eigenvalue weighted by atomic mass is 9.85. The highest BCUT2D eigenvalue weighted by Crippen LogP contribution is 2.35. The number of rotatable bonds is 7. The summed E-state index contributed by atoms with van der Waals surface area (Å²) in [7, 11) is 0.